The standard InChI is InChI=1S/C23H40N2O3S/c1-8-25-20(26)19(6)16-24(22(25)29)13-11-9-10-12-14-28-21(27)23(7,18(4)5)15-17(2)3/h16-18H,8-15H2,1-7H3. The minimum atomic E-state index is -0.412. The van der Waals surface area contributed by atoms with Gasteiger partial charge in [0, 0.05) is 24.8 Å². The van der Waals surface area contributed by atoms with Crippen LogP contribution in [0.3, 0.4) is 0 Å². The molecule has 6 heteroatoms. The fourth-order valence-electron chi connectivity index (χ4n) is 3.71. The summed E-state index contributed by atoms with van der Waals surface area (Å²) in [7, 11) is 0. The average Bonchev–Trinajstić information content (AvgIpc) is 2.64. The summed E-state index contributed by atoms with van der Waals surface area (Å²) in [6.07, 6.45) is 6.62. The molecule has 29 heavy (non-hydrogen) atoms. The first-order valence-electron chi connectivity index (χ1n) is 11.0. The normalized spacial score (nSPS) is 13.7. The van der Waals surface area contributed by atoms with E-state index in [1.165, 1.54) is 0 Å². The van der Waals surface area contributed by atoms with E-state index in [9.17, 15) is 9.59 Å². The van der Waals surface area contributed by atoms with Gasteiger partial charge in [-0.25, -0.2) is 0 Å². The molecule has 0 fully saturated rings. The second kappa shape index (κ2) is 11.7. The highest BCUT2D eigenvalue weighted by molar-refractivity contribution is 7.71. The maximum absolute atomic E-state index is 12.6. The van der Waals surface area contributed by atoms with E-state index >= 15 is 0 Å². The third-order valence-corrected chi connectivity index (χ3v) is 6.28. The van der Waals surface area contributed by atoms with Crippen molar-refractivity contribution in [3.8, 4) is 0 Å². The summed E-state index contributed by atoms with van der Waals surface area (Å²) in [5.41, 5.74) is 0.314. The molecule has 0 N–H and O–H groups in total. The van der Waals surface area contributed by atoms with Crippen molar-refractivity contribution in [2.24, 2.45) is 17.3 Å². The highest BCUT2D eigenvalue weighted by Gasteiger charge is 2.38. The molecule has 0 amide bonds. The number of carbonyl (C=O) groups is 1. The maximum atomic E-state index is 12.6. The molecule has 1 aromatic rings. The number of nitrogens with zero attached hydrogens (tertiary/aromatic N) is 2. The zero-order valence-electron chi connectivity index (χ0n) is 19.4. The van der Waals surface area contributed by atoms with Crippen LogP contribution in [0.1, 0.15) is 79.2 Å². The first-order valence-corrected chi connectivity index (χ1v) is 11.4. The van der Waals surface area contributed by atoms with Crippen molar-refractivity contribution in [1.82, 2.24) is 9.13 Å². The van der Waals surface area contributed by atoms with E-state index < -0.39 is 5.41 Å². The van der Waals surface area contributed by atoms with Crippen molar-refractivity contribution in [3.05, 3.63) is 26.9 Å². The van der Waals surface area contributed by atoms with Crippen LogP contribution in [0.25, 0.3) is 0 Å². The molecule has 0 saturated heterocycles. The molecule has 0 radical (unpaired) electrons. The van der Waals surface area contributed by atoms with Crippen LogP contribution in [0.4, 0.5) is 0 Å². The molecule has 1 atom stereocenters. The van der Waals surface area contributed by atoms with Crippen LogP contribution in [0.15, 0.2) is 11.0 Å². The number of rotatable bonds is 12. The number of hydrogen-bond acceptors (Lipinski definition) is 4. The lowest BCUT2D eigenvalue weighted by atomic mass is 9.73. The summed E-state index contributed by atoms with van der Waals surface area (Å²) in [6, 6.07) is 0. The topological polar surface area (TPSA) is 53.2 Å². The zero-order chi connectivity index (χ0) is 22.2. The largest absolute Gasteiger partial charge is 0.465 e. The molecule has 1 unspecified atom stereocenters. The monoisotopic (exact) mass is 424 g/mol. The Morgan fingerprint density at radius 2 is 1.79 bits per heavy atom. The van der Waals surface area contributed by atoms with Crippen molar-refractivity contribution in [2.45, 2.75) is 93.7 Å². The molecule has 0 bridgehead atoms. The van der Waals surface area contributed by atoms with Gasteiger partial charge in [0.2, 0.25) is 0 Å². The lowest BCUT2D eigenvalue weighted by molar-refractivity contribution is -0.159. The van der Waals surface area contributed by atoms with E-state index in [-0.39, 0.29) is 17.4 Å². The summed E-state index contributed by atoms with van der Waals surface area (Å²) >= 11 is 5.44. The molecule has 0 saturated carbocycles. The number of unbranched alkanes of at least 4 members (excludes halogenated alkanes) is 3. The van der Waals surface area contributed by atoms with Crippen LogP contribution in [0.5, 0.6) is 0 Å². The van der Waals surface area contributed by atoms with E-state index in [1.54, 1.807) is 4.57 Å². The molecule has 0 aliphatic rings. The Bertz CT molecular complexity index is 779. The lowest BCUT2D eigenvalue weighted by Gasteiger charge is -2.32. The highest BCUT2D eigenvalue weighted by Crippen LogP contribution is 2.35. The van der Waals surface area contributed by atoms with Crippen LogP contribution in [0.2, 0.25) is 0 Å². The van der Waals surface area contributed by atoms with Crippen LogP contribution in [-0.4, -0.2) is 21.7 Å². The zero-order valence-corrected chi connectivity index (χ0v) is 20.2. The molecule has 5 nitrogen and oxygen atoms in total. The van der Waals surface area contributed by atoms with Crippen LogP contribution in [-0.2, 0) is 22.6 Å². The minimum absolute atomic E-state index is 0.00132. The lowest BCUT2D eigenvalue weighted by Crippen LogP contribution is -2.36. The summed E-state index contributed by atoms with van der Waals surface area (Å²) < 4.78 is 9.85. The summed E-state index contributed by atoms with van der Waals surface area (Å²) in [5, 5.41) is 0. The number of hydrogen-bond donors (Lipinski definition) is 0. The Morgan fingerprint density at radius 1 is 1.17 bits per heavy atom. The van der Waals surface area contributed by atoms with Gasteiger partial charge in [-0.2, -0.15) is 0 Å². The molecule has 166 valence electrons. The molecule has 1 heterocycles. The SMILES string of the molecule is CCn1c(=O)c(C)cn(CCCCCCOC(=O)C(C)(CC(C)C)C(C)C)c1=S. The van der Waals surface area contributed by atoms with Gasteiger partial charge in [-0.3, -0.25) is 14.2 Å². The third kappa shape index (κ3) is 7.09. The molecular formula is C23H40N2O3S. The molecule has 0 aromatic carbocycles. The Hall–Kier alpha value is -1.43. The number of aromatic nitrogens is 2. The second-order valence-corrected chi connectivity index (χ2v) is 9.42. The maximum Gasteiger partial charge on any atom is 0.312 e. The predicted octanol–water partition coefficient (Wildman–Crippen LogP) is 5.52. The van der Waals surface area contributed by atoms with Gasteiger partial charge in [0.05, 0.1) is 12.0 Å². The van der Waals surface area contributed by atoms with Crippen LogP contribution < -0.4 is 5.56 Å². The first kappa shape index (κ1) is 25.6. The first-order chi connectivity index (χ1) is 13.5. The molecule has 0 aliphatic carbocycles. The van der Waals surface area contributed by atoms with Gasteiger partial charge in [0.1, 0.15) is 0 Å². The summed E-state index contributed by atoms with van der Waals surface area (Å²) in [4.78, 5) is 24.7. The number of ether oxygens (including phenoxy) is 1. The summed E-state index contributed by atoms with van der Waals surface area (Å²) in [6.45, 7) is 16.2. The second-order valence-electron chi connectivity index (χ2n) is 9.06. The van der Waals surface area contributed by atoms with Crippen LogP contribution >= 0.6 is 12.2 Å². The van der Waals surface area contributed by atoms with Gasteiger partial charge >= 0.3 is 5.97 Å². The fourth-order valence-corrected chi connectivity index (χ4v) is 4.06. The molecule has 0 aliphatic heterocycles. The fraction of sp³-hybridized carbons (Fsp3) is 0.783. The third-order valence-electron chi connectivity index (χ3n) is 5.82. The average molecular weight is 425 g/mol. The number of aryl methyl sites for hydroxylation is 2. The summed E-state index contributed by atoms with van der Waals surface area (Å²) in [5.74, 6) is 0.661. The molecular weight excluding hydrogens is 384 g/mol. The van der Waals surface area contributed by atoms with Crippen molar-refractivity contribution < 1.29 is 9.53 Å². The van der Waals surface area contributed by atoms with E-state index in [2.05, 4.69) is 27.7 Å². The van der Waals surface area contributed by atoms with E-state index in [0.717, 1.165) is 44.2 Å². The predicted molar refractivity (Wildman–Crippen MR) is 122 cm³/mol. The highest BCUT2D eigenvalue weighted by atomic mass is 32.1. The van der Waals surface area contributed by atoms with Crippen LogP contribution in [0, 0.1) is 28.9 Å². The van der Waals surface area contributed by atoms with Crippen molar-refractivity contribution in [1.29, 1.82) is 0 Å². The van der Waals surface area contributed by atoms with Gasteiger partial charge in [-0.1, -0.05) is 34.1 Å². The number of esters is 1. The molecule has 1 aromatic heterocycles. The van der Waals surface area contributed by atoms with E-state index in [1.807, 2.05) is 31.5 Å². The molecule has 0 spiro atoms. The van der Waals surface area contributed by atoms with Crippen molar-refractivity contribution in [2.75, 3.05) is 6.61 Å². The van der Waals surface area contributed by atoms with Gasteiger partial charge in [0.25, 0.3) is 5.56 Å². The van der Waals surface area contributed by atoms with Crippen molar-refractivity contribution in [3.63, 3.8) is 0 Å². The van der Waals surface area contributed by atoms with Gasteiger partial charge < -0.3 is 9.30 Å². The Kier molecular flexibility index (Phi) is 10.3. The molecule has 1 rings (SSSR count). The van der Waals surface area contributed by atoms with Gasteiger partial charge in [-0.05, 0) is 70.5 Å². The van der Waals surface area contributed by atoms with Gasteiger partial charge in [0.15, 0.2) is 4.77 Å². The Morgan fingerprint density at radius 3 is 2.34 bits per heavy atom. The smallest absolute Gasteiger partial charge is 0.312 e. The Labute approximate surface area is 181 Å². The van der Waals surface area contributed by atoms with Gasteiger partial charge in [-0.15, -0.1) is 0 Å². The quantitative estimate of drug-likeness (QED) is 0.252. The Balaban J connectivity index is 2.42. The van der Waals surface area contributed by atoms with E-state index in [0.29, 0.717) is 23.8 Å². The van der Waals surface area contributed by atoms with Crippen molar-refractivity contribution >= 4 is 18.2 Å². The minimum Gasteiger partial charge on any atom is -0.465 e. The van der Waals surface area contributed by atoms with E-state index in [4.69, 9.17) is 17.0 Å². The number of carbonyl (C=O) groups excluding carboxylic acids is 1.